The third-order valence-electron chi connectivity index (χ3n) is 2.65. The molecule has 1 aromatic rings. The van der Waals surface area contributed by atoms with E-state index in [1.165, 1.54) is 0 Å². The van der Waals surface area contributed by atoms with E-state index in [2.05, 4.69) is 10.4 Å². The Hall–Kier alpha value is -1.63. The number of ether oxygens (including phenoxy) is 1. The van der Waals surface area contributed by atoms with Crippen molar-refractivity contribution in [2.24, 2.45) is 5.92 Å². The minimum absolute atomic E-state index is 0.0569. The second kappa shape index (κ2) is 6.34. The van der Waals surface area contributed by atoms with Crippen LogP contribution >= 0.6 is 0 Å². The number of hydrogen-bond donors (Lipinski definition) is 1. The molecule has 7 heteroatoms. The molecule has 0 aliphatic carbocycles. The van der Waals surface area contributed by atoms with E-state index in [9.17, 15) is 10.1 Å². The highest BCUT2D eigenvalue weighted by atomic mass is 16.6. The van der Waals surface area contributed by atoms with E-state index in [1.807, 2.05) is 13.8 Å². The quantitative estimate of drug-likeness (QED) is 0.594. The van der Waals surface area contributed by atoms with Crippen molar-refractivity contribution in [3.8, 4) is 0 Å². The fraction of sp³-hybridized carbons (Fsp3) is 0.727. The van der Waals surface area contributed by atoms with Crippen molar-refractivity contribution < 1.29 is 9.66 Å². The van der Waals surface area contributed by atoms with E-state index >= 15 is 0 Å². The summed E-state index contributed by atoms with van der Waals surface area (Å²) in [7, 11) is 1.64. The first-order valence-electron chi connectivity index (χ1n) is 5.95. The standard InChI is InChI=1S/C11H20N4O3/c1-5-14-11(12-6-8(2)7-18-4)10(15(16)17)9(3)13-14/h8,12H,5-7H2,1-4H3. The lowest BCUT2D eigenvalue weighted by atomic mass is 10.2. The molecule has 102 valence electrons. The minimum Gasteiger partial charge on any atom is -0.384 e. The fourth-order valence-electron chi connectivity index (χ4n) is 1.81. The van der Waals surface area contributed by atoms with Gasteiger partial charge in [-0.25, -0.2) is 4.68 Å². The van der Waals surface area contributed by atoms with Crippen LogP contribution in [0.5, 0.6) is 0 Å². The van der Waals surface area contributed by atoms with E-state index in [4.69, 9.17) is 4.74 Å². The van der Waals surface area contributed by atoms with E-state index < -0.39 is 4.92 Å². The predicted molar refractivity (Wildman–Crippen MR) is 68.8 cm³/mol. The van der Waals surface area contributed by atoms with Gasteiger partial charge in [-0.2, -0.15) is 5.10 Å². The lowest BCUT2D eigenvalue weighted by Crippen LogP contribution is -2.18. The maximum absolute atomic E-state index is 11.0. The summed E-state index contributed by atoms with van der Waals surface area (Å²) in [5.41, 5.74) is 0.491. The lowest BCUT2D eigenvalue weighted by Gasteiger charge is -2.12. The van der Waals surface area contributed by atoms with E-state index in [0.717, 1.165) is 0 Å². The molecule has 0 saturated heterocycles. The van der Waals surface area contributed by atoms with Crippen LogP contribution in [0.2, 0.25) is 0 Å². The molecule has 0 aliphatic heterocycles. The SMILES string of the molecule is CCn1nc(C)c([N+](=O)[O-])c1NCC(C)COC. The normalized spacial score (nSPS) is 12.4. The molecule has 1 N–H and O–H groups in total. The zero-order valence-corrected chi connectivity index (χ0v) is 11.3. The Kier molecular flexibility index (Phi) is 5.08. The molecule has 0 aromatic carbocycles. The van der Waals surface area contributed by atoms with Gasteiger partial charge < -0.3 is 10.1 Å². The third kappa shape index (κ3) is 3.19. The van der Waals surface area contributed by atoms with E-state index in [0.29, 0.717) is 31.2 Å². The van der Waals surface area contributed by atoms with Gasteiger partial charge in [0.2, 0.25) is 5.82 Å². The number of nitrogens with one attached hydrogen (secondary N) is 1. The molecule has 0 saturated carbocycles. The van der Waals surface area contributed by atoms with Crippen LogP contribution < -0.4 is 5.32 Å². The fourth-order valence-corrected chi connectivity index (χ4v) is 1.81. The average molecular weight is 256 g/mol. The van der Waals surface area contributed by atoms with Gasteiger partial charge in [0.05, 0.1) is 11.5 Å². The zero-order chi connectivity index (χ0) is 13.7. The highest BCUT2D eigenvalue weighted by Gasteiger charge is 2.24. The molecular formula is C11H20N4O3. The number of aromatic nitrogens is 2. The Morgan fingerprint density at radius 3 is 2.78 bits per heavy atom. The van der Waals surface area contributed by atoms with Gasteiger partial charge in [0.1, 0.15) is 5.69 Å². The Bertz CT molecular complexity index is 417. The first-order valence-corrected chi connectivity index (χ1v) is 5.95. The van der Waals surface area contributed by atoms with Crippen molar-refractivity contribution in [2.45, 2.75) is 27.3 Å². The van der Waals surface area contributed by atoms with Crippen molar-refractivity contribution in [1.29, 1.82) is 0 Å². The molecule has 0 aliphatic rings. The zero-order valence-electron chi connectivity index (χ0n) is 11.3. The number of nitrogens with zero attached hydrogens (tertiary/aromatic N) is 3. The largest absolute Gasteiger partial charge is 0.384 e. The van der Waals surface area contributed by atoms with Gasteiger partial charge in [0.25, 0.3) is 0 Å². The van der Waals surface area contributed by atoms with E-state index in [1.54, 1.807) is 18.7 Å². The molecule has 0 radical (unpaired) electrons. The molecule has 7 nitrogen and oxygen atoms in total. The lowest BCUT2D eigenvalue weighted by molar-refractivity contribution is -0.384. The predicted octanol–water partition coefficient (Wildman–Crippen LogP) is 1.81. The molecular weight excluding hydrogens is 236 g/mol. The van der Waals surface area contributed by atoms with Crippen molar-refractivity contribution in [3.63, 3.8) is 0 Å². The van der Waals surface area contributed by atoms with Crippen molar-refractivity contribution in [1.82, 2.24) is 9.78 Å². The molecule has 0 spiro atoms. The van der Waals surface area contributed by atoms with Crippen LogP contribution in [0.15, 0.2) is 0 Å². The number of nitro groups is 1. The average Bonchev–Trinajstić information content (AvgIpc) is 2.63. The molecule has 18 heavy (non-hydrogen) atoms. The van der Waals surface area contributed by atoms with Crippen LogP contribution in [0, 0.1) is 23.0 Å². The topological polar surface area (TPSA) is 82.2 Å². The summed E-state index contributed by atoms with van der Waals surface area (Å²) in [6.45, 7) is 7.38. The molecule has 1 atom stereocenters. The monoisotopic (exact) mass is 256 g/mol. The van der Waals surface area contributed by atoms with E-state index in [-0.39, 0.29) is 11.6 Å². The third-order valence-corrected chi connectivity index (χ3v) is 2.65. The first kappa shape index (κ1) is 14.4. The number of methoxy groups -OCH3 is 1. The summed E-state index contributed by atoms with van der Waals surface area (Å²) < 4.78 is 6.65. The Morgan fingerprint density at radius 1 is 1.61 bits per heavy atom. The summed E-state index contributed by atoms with van der Waals surface area (Å²) in [4.78, 5) is 10.6. The summed E-state index contributed by atoms with van der Waals surface area (Å²) in [5.74, 6) is 0.748. The van der Waals surface area contributed by atoms with Crippen molar-refractivity contribution in [2.75, 3.05) is 25.6 Å². The maximum atomic E-state index is 11.0. The van der Waals surface area contributed by atoms with Gasteiger partial charge in [0, 0.05) is 20.2 Å². The molecule has 1 aromatic heterocycles. The van der Waals surface area contributed by atoms with Gasteiger partial charge in [0.15, 0.2) is 0 Å². The molecule has 0 bridgehead atoms. The molecule has 1 rings (SSSR count). The van der Waals surface area contributed by atoms with Crippen LogP contribution in [-0.4, -0.2) is 35.0 Å². The maximum Gasteiger partial charge on any atom is 0.333 e. The first-order chi connectivity index (χ1) is 8.51. The molecule has 1 heterocycles. The Morgan fingerprint density at radius 2 is 2.28 bits per heavy atom. The highest BCUT2D eigenvalue weighted by molar-refractivity contribution is 5.59. The summed E-state index contributed by atoms with van der Waals surface area (Å²) in [6.07, 6.45) is 0. The van der Waals surface area contributed by atoms with Gasteiger partial charge >= 0.3 is 5.69 Å². The van der Waals surface area contributed by atoms with Crippen LogP contribution in [-0.2, 0) is 11.3 Å². The van der Waals surface area contributed by atoms with Gasteiger partial charge in [-0.15, -0.1) is 0 Å². The Balaban J connectivity index is 2.88. The number of rotatable bonds is 7. The Labute approximate surface area is 106 Å². The summed E-state index contributed by atoms with van der Waals surface area (Å²) in [6, 6.07) is 0. The van der Waals surface area contributed by atoms with Gasteiger partial charge in [-0.1, -0.05) is 6.92 Å². The van der Waals surface area contributed by atoms with Gasteiger partial charge in [-0.05, 0) is 19.8 Å². The summed E-state index contributed by atoms with van der Waals surface area (Å²) in [5, 5.41) is 18.3. The van der Waals surface area contributed by atoms with Crippen molar-refractivity contribution in [3.05, 3.63) is 15.8 Å². The smallest absolute Gasteiger partial charge is 0.333 e. The summed E-state index contributed by atoms with van der Waals surface area (Å²) >= 11 is 0. The van der Waals surface area contributed by atoms with Crippen molar-refractivity contribution >= 4 is 11.5 Å². The highest BCUT2D eigenvalue weighted by Crippen LogP contribution is 2.28. The molecule has 0 fully saturated rings. The van der Waals surface area contributed by atoms with Gasteiger partial charge in [-0.3, -0.25) is 10.1 Å². The number of anilines is 1. The molecule has 0 amide bonds. The van der Waals surface area contributed by atoms with Crippen LogP contribution in [0.1, 0.15) is 19.5 Å². The number of hydrogen-bond acceptors (Lipinski definition) is 5. The van der Waals surface area contributed by atoms with Crippen LogP contribution in [0.3, 0.4) is 0 Å². The number of aryl methyl sites for hydroxylation is 2. The molecule has 1 unspecified atom stereocenters. The minimum atomic E-state index is -0.391. The second-order valence-corrected chi connectivity index (χ2v) is 4.30. The van der Waals surface area contributed by atoms with Crippen LogP contribution in [0.4, 0.5) is 11.5 Å². The van der Waals surface area contributed by atoms with Crippen LogP contribution in [0.25, 0.3) is 0 Å². The second-order valence-electron chi connectivity index (χ2n) is 4.30.